The maximum absolute atomic E-state index is 9.35. The first-order chi connectivity index (χ1) is 9.21. The third-order valence-corrected chi connectivity index (χ3v) is 2.61. The van der Waals surface area contributed by atoms with Crippen molar-refractivity contribution in [1.29, 1.82) is 0 Å². The molecule has 9 heteroatoms. The predicted octanol–water partition coefficient (Wildman–Crippen LogP) is -1.73. The van der Waals surface area contributed by atoms with Gasteiger partial charge >= 0.3 is 0 Å². The van der Waals surface area contributed by atoms with Crippen LogP contribution in [0.15, 0.2) is 12.7 Å². The molecule has 0 unspecified atom stereocenters. The van der Waals surface area contributed by atoms with Gasteiger partial charge in [0, 0.05) is 0 Å². The minimum absolute atomic E-state index is 0.223. The second-order valence-corrected chi connectivity index (χ2v) is 3.84. The topological polar surface area (TPSA) is 140 Å². The molecule has 0 spiro atoms. The van der Waals surface area contributed by atoms with E-state index in [-0.39, 0.29) is 25.6 Å². The lowest BCUT2D eigenvalue weighted by Crippen LogP contribution is -2.28. The van der Waals surface area contributed by atoms with Crippen molar-refractivity contribution in [2.24, 2.45) is 0 Å². The average Bonchev–Trinajstić information content (AvgIpc) is 2.86. The van der Waals surface area contributed by atoms with Crippen LogP contribution in [0.3, 0.4) is 0 Å². The van der Waals surface area contributed by atoms with Crippen LogP contribution in [0, 0.1) is 0 Å². The molecule has 0 radical (unpaired) electrons. The Morgan fingerprint density at radius 3 is 2.53 bits per heavy atom. The molecule has 0 aromatic carbocycles. The number of nitrogens with two attached hydrogens (primary N) is 1. The van der Waals surface area contributed by atoms with Crippen LogP contribution in [0.1, 0.15) is 6.23 Å². The molecule has 0 saturated carbocycles. The number of hydrogen-bond acceptors (Lipinski definition) is 8. The summed E-state index contributed by atoms with van der Waals surface area (Å²) in [5, 5.41) is 27.3. The number of nitrogens with zero attached hydrogens (tertiary/aromatic N) is 4. The van der Waals surface area contributed by atoms with Crippen molar-refractivity contribution in [2.75, 3.05) is 25.6 Å². The molecule has 19 heavy (non-hydrogen) atoms. The van der Waals surface area contributed by atoms with Gasteiger partial charge < -0.3 is 25.8 Å². The number of aliphatic hydroxyl groups excluding tert-OH is 3. The van der Waals surface area contributed by atoms with Crippen molar-refractivity contribution in [1.82, 2.24) is 19.5 Å². The number of imidazole rings is 1. The molecule has 2 aromatic heterocycles. The van der Waals surface area contributed by atoms with Crippen molar-refractivity contribution < 1.29 is 20.1 Å². The predicted molar refractivity (Wildman–Crippen MR) is 64.9 cm³/mol. The summed E-state index contributed by atoms with van der Waals surface area (Å²) in [6.45, 7) is -1.10. The molecule has 2 rings (SSSR count). The number of rotatable bonds is 6. The van der Waals surface area contributed by atoms with Gasteiger partial charge in [0.2, 0.25) is 0 Å². The van der Waals surface area contributed by atoms with Gasteiger partial charge in [-0.15, -0.1) is 0 Å². The van der Waals surface area contributed by atoms with Crippen molar-refractivity contribution >= 4 is 17.0 Å². The highest BCUT2D eigenvalue weighted by atomic mass is 16.5. The molecule has 0 amide bonds. The summed E-state index contributed by atoms with van der Waals surface area (Å²) in [5.74, 6) is 0.223. The summed E-state index contributed by atoms with van der Waals surface area (Å²) in [5.41, 5.74) is 6.46. The second kappa shape index (κ2) is 5.89. The van der Waals surface area contributed by atoms with Crippen molar-refractivity contribution in [2.45, 2.75) is 12.3 Å². The fourth-order valence-electron chi connectivity index (χ4n) is 1.64. The fraction of sp³-hybridized carbons (Fsp3) is 0.500. The Kier molecular flexibility index (Phi) is 4.22. The van der Waals surface area contributed by atoms with Gasteiger partial charge in [0.25, 0.3) is 0 Å². The van der Waals surface area contributed by atoms with Crippen molar-refractivity contribution in [3.8, 4) is 0 Å². The van der Waals surface area contributed by atoms with E-state index in [1.807, 2.05) is 0 Å². The molecule has 0 aliphatic rings. The van der Waals surface area contributed by atoms with Crippen LogP contribution >= 0.6 is 0 Å². The highest BCUT2D eigenvalue weighted by molar-refractivity contribution is 5.81. The lowest BCUT2D eigenvalue weighted by molar-refractivity contribution is -0.110. The number of fused-ring (bicyclic) bond motifs is 1. The van der Waals surface area contributed by atoms with E-state index in [1.165, 1.54) is 17.2 Å². The van der Waals surface area contributed by atoms with Gasteiger partial charge in [-0.3, -0.25) is 4.57 Å². The van der Waals surface area contributed by atoms with Crippen LogP contribution in [0.4, 0.5) is 5.82 Å². The Balaban J connectivity index is 2.33. The average molecular weight is 269 g/mol. The molecule has 5 N–H and O–H groups in total. The van der Waals surface area contributed by atoms with E-state index in [1.54, 1.807) is 0 Å². The van der Waals surface area contributed by atoms with Gasteiger partial charge in [-0.05, 0) is 0 Å². The van der Waals surface area contributed by atoms with E-state index >= 15 is 0 Å². The summed E-state index contributed by atoms with van der Waals surface area (Å²) in [6.07, 6.45) is 1.06. The summed E-state index contributed by atoms with van der Waals surface area (Å²) >= 11 is 0. The van der Waals surface area contributed by atoms with Crippen LogP contribution < -0.4 is 5.73 Å². The molecule has 0 saturated heterocycles. The molecule has 0 fully saturated rings. The lowest BCUT2D eigenvalue weighted by atomic mass is 10.4. The maximum atomic E-state index is 9.35. The van der Waals surface area contributed by atoms with Crippen LogP contribution in [0.25, 0.3) is 11.2 Å². The summed E-state index contributed by atoms with van der Waals surface area (Å²) in [6, 6.07) is 0. The standard InChI is InChI=1S/C10H15N5O4/c11-9-8-10(13-4-12-9)15(5-14-8)7(3-18)19-6(1-16)2-17/h4-7,16-18H,1-3H2,(H2,11,12,13)/t7-/m0/s1. The van der Waals surface area contributed by atoms with Gasteiger partial charge in [0.05, 0.1) is 26.1 Å². The van der Waals surface area contributed by atoms with E-state index in [4.69, 9.17) is 20.7 Å². The molecular formula is C10H15N5O4. The molecule has 0 bridgehead atoms. The first kappa shape index (κ1) is 13.6. The highest BCUT2D eigenvalue weighted by Crippen LogP contribution is 2.20. The number of nitrogen functional groups attached to an aromatic ring is 1. The van der Waals surface area contributed by atoms with Gasteiger partial charge in [0.1, 0.15) is 17.9 Å². The molecular weight excluding hydrogens is 254 g/mol. The first-order valence-corrected chi connectivity index (χ1v) is 5.62. The Morgan fingerprint density at radius 2 is 1.89 bits per heavy atom. The quantitative estimate of drug-likeness (QED) is 0.485. The summed E-state index contributed by atoms with van der Waals surface area (Å²) in [4.78, 5) is 11.9. The van der Waals surface area contributed by atoms with E-state index in [0.717, 1.165) is 0 Å². The molecule has 9 nitrogen and oxygen atoms in total. The largest absolute Gasteiger partial charge is 0.394 e. The zero-order valence-electron chi connectivity index (χ0n) is 10.0. The Labute approximate surface area is 108 Å². The van der Waals surface area contributed by atoms with Gasteiger partial charge in [-0.1, -0.05) is 0 Å². The van der Waals surface area contributed by atoms with Crippen LogP contribution in [-0.2, 0) is 4.74 Å². The number of ether oxygens (including phenoxy) is 1. The van der Waals surface area contributed by atoms with Gasteiger partial charge in [-0.2, -0.15) is 0 Å². The molecule has 2 aromatic rings. The minimum Gasteiger partial charge on any atom is -0.394 e. The maximum Gasteiger partial charge on any atom is 0.167 e. The van der Waals surface area contributed by atoms with E-state index in [0.29, 0.717) is 11.2 Å². The third-order valence-electron chi connectivity index (χ3n) is 2.61. The van der Waals surface area contributed by atoms with Crippen molar-refractivity contribution in [3.63, 3.8) is 0 Å². The third kappa shape index (κ3) is 2.63. The highest BCUT2D eigenvalue weighted by Gasteiger charge is 2.20. The van der Waals surface area contributed by atoms with E-state index < -0.39 is 12.3 Å². The van der Waals surface area contributed by atoms with E-state index in [9.17, 15) is 5.11 Å². The Hall–Kier alpha value is -1.81. The molecule has 0 aliphatic carbocycles. The molecule has 104 valence electrons. The number of anilines is 1. The normalized spacial score (nSPS) is 13.3. The summed E-state index contributed by atoms with van der Waals surface area (Å²) < 4.78 is 6.83. The zero-order valence-corrected chi connectivity index (χ0v) is 10.0. The number of aliphatic hydroxyl groups is 3. The van der Waals surface area contributed by atoms with Gasteiger partial charge in [0.15, 0.2) is 17.7 Å². The molecule has 1 atom stereocenters. The SMILES string of the molecule is Nc1ncnc2c1ncn2[C@H](CO)OC(CO)CO. The second-order valence-electron chi connectivity index (χ2n) is 3.84. The number of hydrogen-bond donors (Lipinski definition) is 4. The van der Waals surface area contributed by atoms with E-state index in [2.05, 4.69) is 15.0 Å². The Morgan fingerprint density at radius 1 is 1.16 bits per heavy atom. The fourth-order valence-corrected chi connectivity index (χ4v) is 1.64. The molecule has 0 aliphatic heterocycles. The van der Waals surface area contributed by atoms with Crippen LogP contribution in [0.2, 0.25) is 0 Å². The van der Waals surface area contributed by atoms with Crippen LogP contribution in [-0.4, -0.2) is 60.8 Å². The lowest BCUT2D eigenvalue weighted by Gasteiger charge is -2.21. The van der Waals surface area contributed by atoms with Crippen LogP contribution in [0.5, 0.6) is 0 Å². The van der Waals surface area contributed by atoms with Gasteiger partial charge in [-0.25, -0.2) is 15.0 Å². The molecule has 2 heterocycles. The monoisotopic (exact) mass is 269 g/mol. The smallest absolute Gasteiger partial charge is 0.167 e. The summed E-state index contributed by atoms with van der Waals surface area (Å²) in [7, 11) is 0. The van der Waals surface area contributed by atoms with Crippen molar-refractivity contribution in [3.05, 3.63) is 12.7 Å². The first-order valence-electron chi connectivity index (χ1n) is 5.62. The Bertz CT molecular complexity index is 542. The minimum atomic E-state index is -0.830. The number of aromatic nitrogens is 4. The zero-order chi connectivity index (χ0) is 13.8.